The number of para-hydroxylation sites is 1. The summed E-state index contributed by atoms with van der Waals surface area (Å²) in [5, 5.41) is 0. The van der Waals surface area contributed by atoms with Gasteiger partial charge in [0.2, 0.25) is 10.0 Å². The monoisotopic (exact) mass is 420 g/mol. The summed E-state index contributed by atoms with van der Waals surface area (Å²) in [6.07, 6.45) is 0. The van der Waals surface area contributed by atoms with Crippen molar-refractivity contribution in [3.63, 3.8) is 0 Å². The van der Waals surface area contributed by atoms with Crippen LogP contribution >= 0.6 is 0 Å². The number of carbonyl (C=O) groups excluding carboxylic acids is 1. The number of sulfonamides is 1. The maximum atomic E-state index is 12.8. The van der Waals surface area contributed by atoms with Crippen molar-refractivity contribution in [1.82, 2.24) is 9.62 Å². The molecule has 1 N–H and O–H groups in total. The summed E-state index contributed by atoms with van der Waals surface area (Å²) < 4.78 is 37.9. The van der Waals surface area contributed by atoms with E-state index >= 15 is 0 Å². The normalized spacial score (nSPS) is 11.3. The molecule has 0 atom stereocenters. The lowest BCUT2D eigenvalue weighted by Crippen LogP contribution is -2.32. The molecule has 2 rings (SSSR count). The van der Waals surface area contributed by atoms with E-state index in [0.717, 1.165) is 11.3 Å². The molecule has 0 unspecified atom stereocenters. The van der Waals surface area contributed by atoms with Gasteiger partial charge in [0.1, 0.15) is 12.4 Å². The Balaban J connectivity index is 2.06. The van der Waals surface area contributed by atoms with Crippen molar-refractivity contribution in [2.24, 2.45) is 0 Å². The average molecular weight is 421 g/mol. The maximum absolute atomic E-state index is 12.8. The number of nitrogens with zero attached hydrogens (tertiary/aromatic N) is 1. The third-order valence-corrected chi connectivity index (χ3v) is 5.93. The van der Waals surface area contributed by atoms with Crippen molar-refractivity contribution >= 4 is 15.9 Å². The number of aryl methyl sites for hydroxylation is 2. The Hall–Kier alpha value is -2.42. The minimum atomic E-state index is -3.71. The molecule has 0 heterocycles. The maximum Gasteiger partial charge on any atom is 0.254 e. The fourth-order valence-electron chi connectivity index (χ4n) is 2.68. The van der Waals surface area contributed by atoms with Crippen LogP contribution < -0.4 is 9.46 Å². The van der Waals surface area contributed by atoms with Crippen molar-refractivity contribution < 1.29 is 22.7 Å². The lowest BCUT2D eigenvalue weighted by atomic mass is 10.1. The Morgan fingerprint density at radius 2 is 1.79 bits per heavy atom. The van der Waals surface area contributed by atoms with E-state index in [1.54, 1.807) is 20.0 Å². The van der Waals surface area contributed by atoms with Crippen molar-refractivity contribution in [3.8, 4) is 5.75 Å². The van der Waals surface area contributed by atoms with Gasteiger partial charge >= 0.3 is 0 Å². The molecule has 0 radical (unpaired) electrons. The zero-order valence-electron chi connectivity index (χ0n) is 17.3. The fraction of sp³-hybridized carbons (Fsp3) is 0.381. The first-order chi connectivity index (χ1) is 13.8. The number of likely N-dealkylation sites (N-methyl/N-ethyl adjacent to an activating group) is 1. The summed E-state index contributed by atoms with van der Waals surface area (Å²) in [5.74, 6) is 0.518. The van der Waals surface area contributed by atoms with E-state index in [1.807, 2.05) is 31.2 Å². The molecular formula is C21H28N2O5S. The van der Waals surface area contributed by atoms with Gasteiger partial charge in [-0.15, -0.1) is 0 Å². The van der Waals surface area contributed by atoms with Gasteiger partial charge in [-0.1, -0.05) is 24.3 Å². The fourth-order valence-corrected chi connectivity index (χ4v) is 3.72. The molecule has 7 nitrogen and oxygen atoms in total. The molecule has 29 heavy (non-hydrogen) atoms. The van der Waals surface area contributed by atoms with Crippen molar-refractivity contribution in [1.29, 1.82) is 0 Å². The zero-order chi connectivity index (χ0) is 21.4. The van der Waals surface area contributed by atoms with E-state index in [9.17, 15) is 13.2 Å². The topological polar surface area (TPSA) is 84.9 Å². The second kappa shape index (κ2) is 10.4. The van der Waals surface area contributed by atoms with Gasteiger partial charge in [-0.3, -0.25) is 4.79 Å². The molecule has 0 aliphatic rings. The number of amides is 1. The average Bonchev–Trinajstić information content (AvgIpc) is 2.69. The Morgan fingerprint density at radius 3 is 2.48 bits per heavy atom. The molecule has 0 aromatic heterocycles. The van der Waals surface area contributed by atoms with Gasteiger partial charge in [-0.05, 0) is 43.2 Å². The summed E-state index contributed by atoms with van der Waals surface area (Å²) >= 11 is 0. The highest BCUT2D eigenvalue weighted by atomic mass is 32.2. The van der Waals surface area contributed by atoms with Gasteiger partial charge < -0.3 is 14.4 Å². The number of rotatable bonds is 10. The number of methoxy groups -OCH3 is 1. The van der Waals surface area contributed by atoms with Crippen LogP contribution in [-0.4, -0.2) is 59.7 Å². The Morgan fingerprint density at radius 1 is 1.07 bits per heavy atom. The largest absolute Gasteiger partial charge is 0.491 e. The van der Waals surface area contributed by atoms with Crippen LogP contribution in [0.4, 0.5) is 0 Å². The first-order valence-corrected chi connectivity index (χ1v) is 10.8. The van der Waals surface area contributed by atoms with Crippen LogP contribution in [0.25, 0.3) is 0 Å². The lowest BCUT2D eigenvalue weighted by Gasteiger charge is -2.19. The first kappa shape index (κ1) is 22.9. The number of hydrogen-bond acceptors (Lipinski definition) is 5. The number of nitrogens with one attached hydrogen (secondary N) is 1. The molecule has 0 bridgehead atoms. The van der Waals surface area contributed by atoms with Crippen LogP contribution in [0.5, 0.6) is 5.75 Å². The number of hydrogen-bond donors (Lipinski definition) is 1. The van der Waals surface area contributed by atoms with Crippen LogP contribution in [0.15, 0.2) is 47.4 Å². The number of carbonyl (C=O) groups is 1. The van der Waals surface area contributed by atoms with E-state index in [4.69, 9.17) is 9.47 Å². The van der Waals surface area contributed by atoms with Gasteiger partial charge in [0, 0.05) is 26.3 Å². The van der Waals surface area contributed by atoms with E-state index < -0.39 is 10.0 Å². The molecule has 0 aliphatic heterocycles. The van der Waals surface area contributed by atoms with Crippen LogP contribution in [0.1, 0.15) is 21.5 Å². The molecule has 2 aromatic rings. The second-order valence-corrected chi connectivity index (χ2v) is 8.47. The molecule has 8 heteroatoms. The predicted molar refractivity (Wildman–Crippen MR) is 112 cm³/mol. The molecule has 0 saturated carbocycles. The Labute approximate surface area is 172 Å². The third-order valence-electron chi connectivity index (χ3n) is 4.47. The smallest absolute Gasteiger partial charge is 0.254 e. The molecule has 2 aromatic carbocycles. The van der Waals surface area contributed by atoms with Crippen molar-refractivity contribution in [3.05, 3.63) is 59.2 Å². The SMILES string of the molecule is COCCNS(=O)(=O)c1ccc(C)c(C(=O)N(C)CCOc2ccccc2C)c1. The molecule has 0 spiro atoms. The van der Waals surface area contributed by atoms with Gasteiger partial charge in [0.15, 0.2) is 0 Å². The highest BCUT2D eigenvalue weighted by Gasteiger charge is 2.20. The van der Waals surface area contributed by atoms with Crippen molar-refractivity contribution in [2.45, 2.75) is 18.7 Å². The number of benzene rings is 2. The minimum Gasteiger partial charge on any atom is -0.491 e. The molecule has 0 aliphatic carbocycles. The summed E-state index contributed by atoms with van der Waals surface area (Å²) in [7, 11) is -0.551. The standard InChI is InChI=1S/C21H28N2O5S/c1-16-9-10-18(29(25,26)22-11-13-27-4)15-19(16)21(24)23(3)12-14-28-20-8-6-5-7-17(20)2/h5-10,15,22H,11-14H2,1-4H3. The van der Waals surface area contributed by atoms with Gasteiger partial charge in [0.05, 0.1) is 18.0 Å². The van der Waals surface area contributed by atoms with Crippen LogP contribution in [0.2, 0.25) is 0 Å². The second-order valence-electron chi connectivity index (χ2n) is 6.71. The predicted octanol–water partition coefficient (Wildman–Crippen LogP) is 2.38. The van der Waals surface area contributed by atoms with Crippen LogP contribution in [-0.2, 0) is 14.8 Å². The van der Waals surface area contributed by atoms with E-state index in [-0.39, 0.29) is 24.0 Å². The molecule has 1 amide bonds. The number of ether oxygens (including phenoxy) is 2. The summed E-state index contributed by atoms with van der Waals surface area (Å²) in [5.41, 5.74) is 2.08. The highest BCUT2D eigenvalue weighted by Crippen LogP contribution is 2.18. The van der Waals surface area contributed by atoms with E-state index in [2.05, 4.69) is 4.72 Å². The Kier molecular flexibility index (Phi) is 8.19. The summed E-state index contributed by atoms with van der Waals surface area (Å²) in [6, 6.07) is 12.2. The van der Waals surface area contributed by atoms with Gasteiger partial charge in [-0.2, -0.15) is 0 Å². The van der Waals surface area contributed by atoms with Gasteiger partial charge in [0.25, 0.3) is 5.91 Å². The molecule has 0 fully saturated rings. The Bertz CT molecular complexity index is 944. The highest BCUT2D eigenvalue weighted by molar-refractivity contribution is 7.89. The minimum absolute atomic E-state index is 0.0483. The van der Waals surface area contributed by atoms with Crippen LogP contribution in [0, 0.1) is 13.8 Å². The third kappa shape index (κ3) is 6.28. The van der Waals surface area contributed by atoms with E-state index in [1.165, 1.54) is 24.1 Å². The lowest BCUT2D eigenvalue weighted by molar-refractivity contribution is 0.0772. The zero-order valence-corrected chi connectivity index (χ0v) is 18.1. The van der Waals surface area contributed by atoms with Crippen LogP contribution in [0.3, 0.4) is 0 Å². The summed E-state index contributed by atoms with van der Waals surface area (Å²) in [4.78, 5) is 14.4. The van der Waals surface area contributed by atoms with Gasteiger partial charge in [-0.25, -0.2) is 13.1 Å². The van der Waals surface area contributed by atoms with Crippen molar-refractivity contribution in [2.75, 3.05) is 40.5 Å². The molecular weight excluding hydrogens is 392 g/mol. The van der Waals surface area contributed by atoms with E-state index in [0.29, 0.717) is 24.3 Å². The quantitative estimate of drug-likeness (QED) is 0.597. The molecule has 0 saturated heterocycles. The molecule has 158 valence electrons. The summed E-state index contributed by atoms with van der Waals surface area (Å²) in [6.45, 7) is 4.87. The first-order valence-electron chi connectivity index (χ1n) is 9.29.